The van der Waals surface area contributed by atoms with Crippen LogP contribution in [0.2, 0.25) is 0 Å². The largest absolute Gasteiger partial charge is 0.439 e. The molecule has 0 bridgehead atoms. The Morgan fingerprint density at radius 1 is 1.28 bits per heavy atom. The van der Waals surface area contributed by atoms with E-state index in [2.05, 4.69) is 22.1 Å². The highest BCUT2D eigenvalue weighted by Gasteiger charge is 2.36. The Kier molecular flexibility index (Phi) is 4.96. The number of amides is 1. The van der Waals surface area contributed by atoms with Gasteiger partial charge in [0.2, 0.25) is 0 Å². The lowest BCUT2D eigenvalue weighted by Crippen LogP contribution is -2.20. The third-order valence-electron chi connectivity index (χ3n) is 3.73. The van der Waals surface area contributed by atoms with Crippen LogP contribution in [-0.2, 0) is 4.74 Å². The van der Waals surface area contributed by atoms with Crippen molar-refractivity contribution in [3.8, 4) is 11.8 Å². The average Bonchev–Trinajstić information content (AvgIpc) is 2.97. The molecule has 6 heteroatoms. The molecule has 1 aliphatic rings. The molecule has 1 saturated heterocycles. The maximum Gasteiger partial charge on any atom is 0.408 e. The molecule has 2 heterocycles. The lowest BCUT2D eigenvalue weighted by Gasteiger charge is -2.17. The minimum absolute atomic E-state index is 0.374. The number of ether oxygens (including phenoxy) is 1. The molecule has 0 unspecified atom stereocenters. The van der Waals surface area contributed by atoms with Crippen LogP contribution >= 0.6 is 0 Å². The van der Waals surface area contributed by atoms with E-state index in [1.165, 1.54) is 12.1 Å². The van der Waals surface area contributed by atoms with Gasteiger partial charge in [-0.1, -0.05) is 24.0 Å². The topological polar surface area (TPSA) is 54.5 Å². The SMILES string of the molecule is CN(C)CC#Cc1cncc([C@H]2NC(=O)O[C@@H]2c2cccc(F)c2)c1. The van der Waals surface area contributed by atoms with Gasteiger partial charge < -0.3 is 10.1 Å². The van der Waals surface area contributed by atoms with E-state index in [4.69, 9.17) is 4.74 Å². The van der Waals surface area contributed by atoms with Gasteiger partial charge in [0.25, 0.3) is 0 Å². The first-order valence-electron chi connectivity index (χ1n) is 7.84. The summed E-state index contributed by atoms with van der Waals surface area (Å²) in [4.78, 5) is 17.9. The highest BCUT2D eigenvalue weighted by molar-refractivity contribution is 5.71. The normalized spacial score (nSPS) is 19.1. The van der Waals surface area contributed by atoms with E-state index < -0.39 is 18.2 Å². The summed E-state index contributed by atoms with van der Waals surface area (Å²) in [6.07, 6.45) is 2.17. The van der Waals surface area contributed by atoms with Crippen molar-refractivity contribution in [3.63, 3.8) is 0 Å². The van der Waals surface area contributed by atoms with Crippen molar-refractivity contribution in [1.29, 1.82) is 0 Å². The highest BCUT2D eigenvalue weighted by Crippen LogP contribution is 2.36. The first-order valence-corrected chi connectivity index (χ1v) is 7.84. The molecule has 1 aliphatic heterocycles. The average molecular weight is 339 g/mol. The zero-order valence-corrected chi connectivity index (χ0v) is 14.0. The molecule has 1 aromatic heterocycles. The Hall–Kier alpha value is -2.91. The minimum atomic E-state index is -0.616. The number of pyridine rings is 1. The number of carbonyl (C=O) groups is 1. The molecule has 5 nitrogen and oxygen atoms in total. The van der Waals surface area contributed by atoms with Crippen molar-refractivity contribution in [2.75, 3.05) is 20.6 Å². The van der Waals surface area contributed by atoms with E-state index in [0.717, 1.165) is 11.1 Å². The summed E-state index contributed by atoms with van der Waals surface area (Å²) in [7, 11) is 3.89. The maximum absolute atomic E-state index is 13.5. The van der Waals surface area contributed by atoms with E-state index in [0.29, 0.717) is 12.1 Å². The summed E-state index contributed by atoms with van der Waals surface area (Å²) in [5.41, 5.74) is 2.10. The second-order valence-electron chi connectivity index (χ2n) is 6.05. The van der Waals surface area contributed by atoms with Crippen LogP contribution in [-0.4, -0.2) is 36.6 Å². The molecule has 1 aromatic carbocycles. The molecule has 1 fully saturated rings. The number of halogens is 1. The summed E-state index contributed by atoms with van der Waals surface area (Å²) in [6.45, 7) is 0.638. The maximum atomic E-state index is 13.5. The molecule has 1 N–H and O–H groups in total. The van der Waals surface area contributed by atoms with E-state index in [-0.39, 0.29) is 5.82 Å². The summed E-state index contributed by atoms with van der Waals surface area (Å²) >= 11 is 0. The predicted molar refractivity (Wildman–Crippen MR) is 91.2 cm³/mol. The first kappa shape index (κ1) is 16.9. The second kappa shape index (κ2) is 7.32. The van der Waals surface area contributed by atoms with Gasteiger partial charge in [0, 0.05) is 18.0 Å². The zero-order chi connectivity index (χ0) is 17.8. The fraction of sp³-hybridized carbons (Fsp3) is 0.263. The fourth-order valence-electron chi connectivity index (χ4n) is 2.62. The Morgan fingerprint density at radius 3 is 2.88 bits per heavy atom. The quantitative estimate of drug-likeness (QED) is 0.874. The van der Waals surface area contributed by atoms with Gasteiger partial charge in [-0.25, -0.2) is 9.18 Å². The van der Waals surface area contributed by atoms with E-state index in [1.54, 1.807) is 24.5 Å². The van der Waals surface area contributed by atoms with Crippen LogP contribution in [0.25, 0.3) is 0 Å². The second-order valence-corrected chi connectivity index (χ2v) is 6.05. The molecule has 128 valence electrons. The number of nitrogens with zero attached hydrogens (tertiary/aromatic N) is 2. The molecule has 25 heavy (non-hydrogen) atoms. The number of cyclic esters (lactones) is 1. The number of hydrogen-bond acceptors (Lipinski definition) is 4. The predicted octanol–water partition coefficient (Wildman–Crippen LogP) is 2.66. The Labute approximate surface area is 145 Å². The number of rotatable bonds is 3. The molecule has 2 aromatic rings. The van der Waals surface area contributed by atoms with Crippen molar-refractivity contribution in [2.24, 2.45) is 0 Å². The van der Waals surface area contributed by atoms with Gasteiger partial charge in [0.15, 0.2) is 6.10 Å². The monoisotopic (exact) mass is 339 g/mol. The summed E-state index contributed by atoms with van der Waals surface area (Å²) in [5, 5.41) is 2.76. The lowest BCUT2D eigenvalue weighted by atomic mass is 9.97. The molecule has 1 amide bonds. The van der Waals surface area contributed by atoms with Crippen molar-refractivity contribution >= 4 is 6.09 Å². The molecular weight excluding hydrogens is 321 g/mol. The summed E-state index contributed by atoms with van der Waals surface area (Å²) in [5.74, 6) is 5.72. The van der Waals surface area contributed by atoms with Crippen LogP contribution < -0.4 is 5.32 Å². The van der Waals surface area contributed by atoms with Crippen LogP contribution in [0, 0.1) is 17.7 Å². The standard InChI is InChI=1S/C19H18FN3O2/c1-23(2)8-4-5-13-9-15(12-21-11-13)17-18(25-19(24)22-17)14-6-3-7-16(20)10-14/h3,6-7,9-12,17-18H,8H2,1-2H3,(H,22,24)/t17-,18-/m1/s1. The van der Waals surface area contributed by atoms with E-state index in [9.17, 15) is 9.18 Å². The molecule has 0 saturated carbocycles. The summed E-state index contributed by atoms with van der Waals surface area (Å²) in [6, 6.07) is 7.46. The number of hydrogen-bond donors (Lipinski definition) is 1. The minimum Gasteiger partial charge on any atom is -0.439 e. The van der Waals surface area contributed by atoms with Gasteiger partial charge in [-0.05, 0) is 43.4 Å². The van der Waals surface area contributed by atoms with Crippen LogP contribution in [0.1, 0.15) is 28.8 Å². The van der Waals surface area contributed by atoms with Crippen molar-refractivity contribution < 1.29 is 13.9 Å². The fourth-order valence-corrected chi connectivity index (χ4v) is 2.62. The first-order chi connectivity index (χ1) is 12.0. The Bertz CT molecular complexity index is 842. The molecule has 0 spiro atoms. The van der Waals surface area contributed by atoms with Gasteiger partial charge in [-0.15, -0.1) is 0 Å². The third kappa shape index (κ3) is 4.14. The number of carbonyl (C=O) groups excluding carboxylic acids is 1. The van der Waals surface area contributed by atoms with Gasteiger partial charge in [0.05, 0.1) is 6.54 Å². The van der Waals surface area contributed by atoms with E-state index in [1.807, 2.05) is 25.1 Å². The molecule has 0 aliphatic carbocycles. The van der Waals surface area contributed by atoms with Crippen LogP contribution in [0.3, 0.4) is 0 Å². The molecule has 2 atom stereocenters. The molecule has 3 rings (SSSR count). The number of alkyl carbamates (subject to hydrolysis) is 1. The molecule has 0 radical (unpaired) electrons. The van der Waals surface area contributed by atoms with E-state index >= 15 is 0 Å². The van der Waals surface area contributed by atoms with Gasteiger partial charge >= 0.3 is 6.09 Å². The van der Waals surface area contributed by atoms with Gasteiger partial charge in [-0.2, -0.15) is 0 Å². The number of benzene rings is 1. The molecular formula is C19H18FN3O2. The van der Waals surface area contributed by atoms with Crippen LogP contribution in [0.4, 0.5) is 9.18 Å². The Balaban J connectivity index is 1.88. The van der Waals surface area contributed by atoms with Gasteiger partial charge in [0.1, 0.15) is 11.9 Å². The lowest BCUT2D eigenvalue weighted by molar-refractivity contribution is 0.132. The number of nitrogens with one attached hydrogen (secondary N) is 1. The zero-order valence-electron chi connectivity index (χ0n) is 14.0. The van der Waals surface area contributed by atoms with Crippen molar-refractivity contribution in [2.45, 2.75) is 12.1 Å². The number of aromatic nitrogens is 1. The van der Waals surface area contributed by atoms with Crippen molar-refractivity contribution in [3.05, 3.63) is 65.2 Å². The van der Waals surface area contributed by atoms with Crippen molar-refractivity contribution in [1.82, 2.24) is 15.2 Å². The van der Waals surface area contributed by atoms with Crippen LogP contribution in [0.5, 0.6) is 0 Å². The highest BCUT2D eigenvalue weighted by atomic mass is 19.1. The smallest absolute Gasteiger partial charge is 0.408 e. The van der Waals surface area contributed by atoms with Crippen LogP contribution in [0.15, 0.2) is 42.7 Å². The van der Waals surface area contributed by atoms with Gasteiger partial charge in [-0.3, -0.25) is 9.88 Å². The Morgan fingerprint density at radius 2 is 2.12 bits per heavy atom. The third-order valence-corrected chi connectivity index (χ3v) is 3.73. The summed E-state index contributed by atoms with van der Waals surface area (Å²) < 4.78 is 18.9.